The van der Waals surface area contributed by atoms with E-state index in [9.17, 15) is 4.79 Å². The molecule has 1 aliphatic carbocycles. The van der Waals surface area contributed by atoms with Gasteiger partial charge in [-0.05, 0) is 26.2 Å². The van der Waals surface area contributed by atoms with Crippen molar-refractivity contribution in [3.8, 4) is 0 Å². The van der Waals surface area contributed by atoms with Crippen molar-refractivity contribution in [2.75, 3.05) is 13.2 Å². The molecule has 1 N–H and O–H groups in total. The highest BCUT2D eigenvalue weighted by molar-refractivity contribution is 5.75. The number of carbonyl (C=O) groups is 1. The average Bonchev–Trinajstić information content (AvgIpc) is 2.28. The summed E-state index contributed by atoms with van der Waals surface area (Å²) in [4.78, 5) is 10.8. The summed E-state index contributed by atoms with van der Waals surface area (Å²) in [7, 11) is 0. The minimum absolute atomic E-state index is 0.132. The van der Waals surface area contributed by atoms with E-state index in [0.29, 0.717) is 19.4 Å². The van der Waals surface area contributed by atoms with Crippen LogP contribution in [0.1, 0.15) is 32.6 Å². The van der Waals surface area contributed by atoms with E-state index in [0.717, 1.165) is 12.8 Å². The summed E-state index contributed by atoms with van der Waals surface area (Å²) >= 11 is 0. The van der Waals surface area contributed by atoms with E-state index in [1.807, 2.05) is 12.2 Å². The monoisotopic (exact) mass is 224 g/mol. The lowest BCUT2D eigenvalue weighted by Gasteiger charge is -2.16. The van der Waals surface area contributed by atoms with Crippen molar-refractivity contribution >= 4 is 5.78 Å². The van der Waals surface area contributed by atoms with Crippen molar-refractivity contribution in [3.63, 3.8) is 0 Å². The zero-order valence-electron chi connectivity index (χ0n) is 9.82. The smallest absolute Gasteiger partial charge is 0.130 e. The first-order chi connectivity index (χ1) is 7.72. The topological polar surface area (TPSA) is 46.5 Å². The van der Waals surface area contributed by atoms with Gasteiger partial charge in [-0.2, -0.15) is 0 Å². The largest absolute Gasteiger partial charge is 0.396 e. The van der Waals surface area contributed by atoms with Crippen LogP contribution in [-0.4, -0.2) is 30.2 Å². The van der Waals surface area contributed by atoms with Gasteiger partial charge in [-0.25, -0.2) is 0 Å². The molecule has 0 bridgehead atoms. The second-order valence-corrected chi connectivity index (χ2v) is 4.06. The molecule has 0 radical (unpaired) electrons. The van der Waals surface area contributed by atoms with Gasteiger partial charge >= 0.3 is 0 Å². The molecule has 0 fully saturated rings. The molecule has 90 valence electrons. The SMILES string of the molecule is CC(=O)CCC1=CCC(OCCCO)C=C1. The third kappa shape index (κ3) is 5.24. The number of allylic oxidation sites excluding steroid dienone is 2. The number of ether oxygens (including phenoxy) is 1. The van der Waals surface area contributed by atoms with Crippen LogP contribution in [-0.2, 0) is 9.53 Å². The van der Waals surface area contributed by atoms with E-state index in [1.54, 1.807) is 6.92 Å². The number of rotatable bonds is 7. The zero-order chi connectivity index (χ0) is 11.8. The van der Waals surface area contributed by atoms with Gasteiger partial charge < -0.3 is 14.6 Å². The molecule has 1 rings (SSSR count). The number of aliphatic hydroxyl groups excluding tert-OH is 1. The Morgan fingerprint density at radius 3 is 3.00 bits per heavy atom. The van der Waals surface area contributed by atoms with Crippen LogP contribution in [0.2, 0.25) is 0 Å². The summed E-state index contributed by atoms with van der Waals surface area (Å²) in [5, 5.41) is 8.62. The Bertz CT molecular complexity index is 279. The molecular weight excluding hydrogens is 204 g/mol. The van der Waals surface area contributed by atoms with Crippen molar-refractivity contribution in [2.45, 2.75) is 38.7 Å². The Hall–Kier alpha value is -0.930. The molecule has 0 spiro atoms. The number of hydrogen-bond acceptors (Lipinski definition) is 3. The fraction of sp³-hybridized carbons (Fsp3) is 0.615. The summed E-state index contributed by atoms with van der Waals surface area (Å²) < 4.78 is 5.54. The first kappa shape index (κ1) is 13.1. The van der Waals surface area contributed by atoms with Crippen LogP contribution in [0.15, 0.2) is 23.8 Å². The molecule has 1 unspecified atom stereocenters. The van der Waals surface area contributed by atoms with Crippen molar-refractivity contribution < 1.29 is 14.6 Å². The van der Waals surface area contributed by atoms with Gasteiger partial charge in [0.1, 0.15) is 5.78 Å². The molecule has 0 aromatic carbocycles. The minimum Gasteiger partial charge on any atom is -0.396 e. The molecule has 0 saturated carbocycles. The molecular formula is C13H20O3. The molecule has 3 heteroatoms. The van der Waals surface area contributed by atoms with E-state index in [1.165, 1.54) is 5.57 Å². The molecule has 3 nitrogen and oxygen atoms in total. The van der Waals surface area contributed by atoms with Crippen LogP contribution >= 0.6 is 0 Å². The first-order valence-corrected chi connectivity index (χ1v) is 5.81. The highest BCUT2D eigenvalue weighted by Gasteiger charge is 2.09. The standard InChI is InChI=1S/C13H20O3/c1-11(15)3-4-12-5-7-13(8-6-12)16-10-2-9-14/h5-7,13-14H,2-4,8-10H2,1H3. The number of carbonyl (C=O) groups excluding carboxylic acids is 1. The molecule has 1 aliphatic rings. The second-order valence-electron chi connectivity index (χ2n) is 4.06. The Labute approximate surface area is 96.8 Å². The van der Waals surface area contributed by atoms with Gasteiger partial charge in [0.25, 0.3) is 0 Å². The number of aliphatic hydroxyl groups is 1. The first-order valence-electron chi connectivity index (χ1n) is 5.81. The maximum Gasteiger partial charge on any atom is 0.130 e. The van der Waals surface area contributed by atoms with Crippen LogP contribution < -0.4 is 0 Å². The summed E-state index contributed by atoms with van der Waals surface area (Å²) in [6, 6.07) is 0. The number of ketones is 1. The molecule has 0 aromatic heterocycles. The fourth-order valence-electron chi connectivity index (χ4n) is 1.57. The lowest BCUT2D eigenvalue weighted by molar-refractivity contribution is -0.116. The van der Waals surface area contributed by atoms with E-state index in [-0.39, 0.29) is 18.5 Å². The van der Waals surface area contributed by atoms with Gasteiger partial charge in [0.05, 0.1) is 6.10 Å². The number of Topliss-reactive ketones (excluding diaryl/α,β-unsaturated/α-hetero) is 1. The van der Waals surface area contributed by atoms with Crippen LogP contribution in [0.5, 0.6) is 0 Å². The second kappa shape index (κ2) is 7.36. The Morgan fingerprint density at radius 1 is 1.62 bits per heavy atom. The number of hydrogen-bond donors (Lipinski definition) is 1. The van der Waals surface area contributed by atoms with Crippen molar-refractivity contribution in [2.24, 2.45) is 0 Å². The van der Waals surface area contributed by atoms with E-state index < -0.39 is 0 Å². The minimum atomic E-state index is 0.132. The van der Waals surface area contributed by atoms with Gasteiger partial charge in [-0.1, -0.05) is 23.8 Å². The summed E-state index contributed by atoms with van der Waals surface area (Å²) in [6.07, 6.45) is 9.34. The zero-order valence-corrected chi connectivity index (χ0v) is 9.82. The summed E-state index contributed by atoms with van der Waals surface area (Å²) in [5.74, 6) is 0.232. The normalized spacial score (nSPS) is 19.6. The van der Waals surface area contributed by atoms with Crippen LogP contribution in [0.3, 0.4) is 0 Å². The summed E-state index contributed by atoms with van der Waals surface area (Å²) in [6.45, 7) is 2.40. The Morgan fingerprint density at radius 2 is 2.44 bits per heavy atom. The molecule has 0 aromatic rings. The molecule has 1 atom stereocenters. The van der Waals surface area contributed by atoms with E-state index in [4.69, 9.17) is 9.84 Å². The predicted octanol–water partition coefficient (Wildman–Crippen LogP) is 2.01. The molecule has 16 heavy (non-hydrogen) atoms. The van der Waals surface area contributed by atoms with Gasteiger partial charge in [-0.15, -0.1) is 0 Å². The maximum absolute atomic E-state index is 10.8. The van der Waals surface area contributed by atoms with E-state index in [2.05, 4.69) is 6.08 Å². The quantitative estimate of drug-likeness (QED) is 0.673. The Balaban J connectivity index is 2.21. The van der Waals surface area contributed by atoms with Gasteiger partial charge in [0.15, 0.2) is 0 Å². The van der Waals surface area contributed by atoms with Crippen molar-refractivity contribution in [1.29, 1.82) is 0 Å². The van der Waals surface area contributed by atoms with Gasteiger partial charge in [0.2, 0.25) is 0 Å². The van der Waals surface area contributed by atoms with Crippen molar-refractivity contribution in [3.05, 3.63) is 23.8 Å². The Kier molecular flexibility index (Phi) is 6.04. The highest BCUT2D eigenvalue weighted by atomic mass is 16.5. The third-order valence-corrected chi connectivity index (χ3v) is 2.54. The van der Waals surface area contributed by atoms with Crippen LogP contribution in [0.25, 0.3) is 0 Å². The molecule has 0 aliphatic heterocycles. The molecule has 0 saturated heterocycles. The average molecular weight is 224 g/mol. The fourth-order valence-corrected chi connectivity index (χ4v) is 1.57. The van der Waals surface area contributed by atoms with Crippen LogP contribution in [0.4, 0.5) is 0 Å². The van der Waals surface area contributed by atoms with Crippen molar-refractivity contribution in [1.82, 2.24) is 0 Å². The van der Waals surface area contributed by atoms with Crippen LogP contribution in [0, 0.1) is 0 Å². The lowest BCUT2D eigenvalue weighted by atomic mass is 10.0. The predicted molar refractivity (Wildman–Crippen MR) is 63.2 cm³/mol. The third-order valence-electron chi connectivity index (χ3n) is 2.54. The van der Waals surface area contributed by atoms with Gasteiger partial charge in [-0.3, -0.25) is 0 Å². The summed E-state index contributed by atoms with van der Waals surface area (Å²) in [5.41, 5.74) is 1.22. The van der Waals surface area contributed by atoms with Gasteiger partial charge in [0, 0.05) is 19.6 Å². The highest BCUT2D eigenvalue weighted by Crippen LogP contribution is 2.17. The lowest BCUT2D eigenvalue weighted by Crippen LogP contribution is -2.13. The van der Waals surface area contributed by atoms with E-state index >= 15 is 0 Å². The maximum atomic E-state index is 10.8. The molecule has 0 heterocycles. The molecule has 0 amide bonds.